The van der Waals surface area contributed by atoms with Crippen LogP contribution in [-0.2, 0) is 16.6 Å². The van der Waals surface area contributed by atoms with Gasteiger partial charge >= 0.3 is 6.36 Å². The van der Waals surface area contributed by atoms with Crippen LogP contribution in [0, 0.1) is 0 Å². The Kier molecular flexibility index (Phi) is 7.14. The summed E-state index contributed by atoms with van der Waals surface area (Å²) < 4.78 is 72.4. The number of sulfonamides is 1. The van der Waals surface area contributed by atoms with Crippen molar-refractivity contribution in [2.45, 2.75) is 17.8 Å². The number of carbonyl (C=O) groups excluding carboxylic acids is 1. The number of H-pyrrole nitrogens is 1. The number of piperazine rings is 1. The van der Waals surface area contributed by atoms with Gasteiger partial charge in [0.15, 0.2) is 5.75 Å². The number of para-hydroxylation sites is 1. The van der Waals surface area contributed by atoms with Gasteiger partial charge in [-0.25, -0.2) is 13.4 Å². The van der Waals surface area contributed by atoms with Gasteiger partial charge in [0.1, 0.15) is 4.90 Å². The first-order valence-corrected chi connectivity index (χ1v) is 13.3. The number of rotatable bonds is 7. The van der Waals surface area contributed by atoms with E-state index in [0.717, 1.165) is 17.8 Å². The van der Waals surface area contributed by atoms with Crippen molar-refractivity contribution in [1.82, 2.24) is 24.8 Å². The maximum Gasteiger partial charge on any atom is 0.573 e. The number of nitrogens with zero attached hydrogens (tertiary/aromatic N) is 4. The number of ether oxygens (including phenoxy) is 1. The highest BCUT2D eigenvalue weighted by Gasteiger charge is 2.34. The minimum Gasteiger partial charge on any atom is -0.404 e. The highest BCUT2D eigenvalue weighted by molar-refractivity contribution is 7.93. The molecule has 0 atom stereocenters. The third-order valence-corrected chi connectivity index (χ3v) is 7.58. The number of hydrogen-bond acceptors (Lipinski definition) is 7. The smallest absolute Gasteiger partial charge is 0.404 e. The summed E-state index contributed by atoms with van der Waals surface area (Å²) in [7, 11) is -4.37. The number of carbonyl (C=O) groups is 1. The van der Waals surface area contributed by atoms with Crippen LogP contribution >= 0.6 is 0 Å². The van der Waals surface area contributed by atoms with Crippen LogP contribution in [-0.4, -0.2) is 71.6 Å². The van der Waals surface area contributed by atoms with Gasteiger partial charge in [-0.2, -0.15) is 0 Å². The number of imidazole rings is 1. The first-order valence-electron chi connectivity index (χ1n) is 11.8. The van der Waals surface area contributed by atoms with Crippen LogP contribution < -0.4 is 9.46 Å². The van der Waals surface area contributed by atoms with E-state index in [-0.39, 0.29) is 16.0 Å². The van der Waals surface area contributed by atoms with Crippen molar-refractivity contribution in [1.29, 1.82) is 0 Å². The molecule has 0 bridgehead atoms. The third-order valence-electron chi connectivity index (χ3n) is 6.18. The Bertz CT molecular complexity index is 1580. The van der Waals surface area contributed by atoms with E-state index in [2.05, 4.69) is 29.3 Å². The zero-order valence-corrected chi connectivity index (χ0v) is 21.2. The molecule has 0 aliphatic carbocycles. The summed E-state index contributed by atoms with van der Waals surface area (Å²) in [5.41, 5.74) is 0.482. The first-order chi connectivity index (χ1) is 18.6. The summed E-state index contributed by atoms with van der Waals surface area (Å²) in [4.78, 5) is 27.7. The summed E-state index contributed by atoms with van der Waals surface area (Å²) in [6.45, 7) is 2.45. The van der Waals surface area contributed by atoms with Crippen LogP contribution in [0.3, 0.4) is 0 Å². The number of anilines is 1. The number of halogens is 3. The number of alkyl halides is 3. The number of amides is 1. The lowest BCUT2D eigenvalue weighted by Gasteiger charge is -2.34. The predicted octanol–water partition coefficient (Wildman–Crippen LogP) is 3.62. The Balaban J connectivity index is 1.37. The van der Waals surface area contributed by atoms with Gasteiger partial charge in [-0.1, -0.05) is 18.2 Å². The zero-order valence-electron chi connectivity index (χ0n) is 20.4. The average Bonchev–Trinajstić information content (AvgIpc) is 3.41. The molecule has 1 aliphatic rings. The Morgan fingerprint density at radius 1 is 1.05 bits per heavy atom. The van der Waals surface area contributed by atoms with Crippen LogP contribution in [0.15, 0.2) is 72.1 Å². The van der Waals surface area contributed by atoms with E-state index in [9.17, 15) is 26.4 Å². The minimum absolute atomic E-state index is 0.0650. The summed E-state index contributed by atoms with van der Waals surface area (Å²) in [5, 5.41) is 0.539. The quantitative estimate of drug-likeness (QED) is 0.354. The molecule has 1 saturated heterocycles. The van der Waals surface area contributed by atoms with Crippen LogP contribution in [0.5, 0.6) is 5.75 Å². The summed E-state index contributed by atoms with van der Waals surface area (Å²) in [6.07, 6.45) is -0.345. The van der Waals surface area contributed by atoms with Crippen LogP contribution in [0.25, 0.3) is 10.9 Å². The van der Waals surface area contributed by atoms with Crippen molar-refractivity contribution in [2.24, 2.45) is 0 Å². The molecule has 5 rings (SSSR count). The maximum absolute atomic E-state index is 13.3. The fraction of sp³-hybridized carbons (Fsp3) is 0.240. The maximum atomic E-state index is 13.3. The van der Waals surface area contributed by atoms with E-state index in [1.54, 1.807) is 30.7 Å². The lowest BCUT2D eigenvalue weighted by atomic mass is 10.1. The second-order valence-corrected chi connectivity index (χ2v) is 10.5. The van der Waals surface area contributed by atoms with Gasteiger partial charge in [-0.15, -0.1) is 13.2 Å². The number of fused-ring (bicyclic) bond motifs is 1. The lowest BCUT2D eigenvalue weighted by Crippen LogP contribution is -2.48. The van der Waals surface area contributed by atoms with Gasteiger partial charge in [0.2, 0.25) is 0 Å². The lowest BCUT2D eigenvalue weighted by molar-refractivity contribution is -0.274. The van der Waals surface area contributed by atoms with E-state index < -0.39 is 33.7 Å². The molecule has 2 aromatic carbocycles. The molecule has 204 valence electrons. The fourth-order valence-electron chi connectivity index (χ4n) is 4.34. The van der Waals surface area contributed by atoms with E-state index in [1.165, 1.54) is 29.3 Å². The van der Waals surface area contributed by atoms with Gasteiger partial charge in [-0.05, 0) is 30.3 Å². The molecular weight excluding hydrogens is 537 g/mol. The van der Waals surface area contributed by atoms with Crippen molar-refractivity contribution in [3.05, 3.63) is 78.5 Å². The molecule has 0 spiro atoms. The molecule has 0 radical (unpaired) electrons. The van der Waals surface area contributed by atoms with Crippen molar-refractivity contribution in [3.63, 3.8) is 0 Å². The number of pyridine rings is 1. The van der Waals surface area contributed by atoms with Gasteiger partial charge in [0.05, 0.1) is 23.2 Å². The molecule has 3 heterocycles. The molecule has 10 nitrogen and oxygen atoms in total. The van der Waals surface area contributed by atoms with Crippen molar-refractivity contribution in [3.8, 4) is 5.75 Å². The number of hydrogen-bond donors (Lipinski definition) is 2. The van der Waals surface area contributed by atoms with Crippen LogP contribution in [0.2, 0.25) is 0 Å². The average molecular weight is 561 g/mol. The molecule has 2 aromatic heterocycles. The molecule has 1 aliphatic heterocycles. The second-order valence-electron chi connectivity index (χ2n) is 8.82. The molecular formula is C25H23F3N6O4S. The Morgan fingerprint density at radius 3 is 2.54 bits per heavy atom. The SMILES string of the molecule is O=C(c1ccc(NS(=O)(=O)c2cccc3cccnc23)c(OC(F)(F)F)c1)N1CCN(Cc2c[nH]cn2)CC1. The summed E-state index contributed by atoms with van der Waals surface area (Å²) in [6, 6.07) is 11.0. The number of nitrogens with one attached hydrogen (secondary N) is 2. The molecule has 4 aromatic rings. The normalized spacial score (nSPS) is 14.9. The van der Waals surface area contributed by atoms with Gasteiger partial charge in [-0.3, -0.25) is 19.4 Å². The third kappa shape index (κ3) is 6.12. The Hall–Kier alpha value is -4.17. The molecule has 39 heavy (non-hydrogen) atoms. The van der Waals surface area contributed by atoms with Crippen LogP contribution in [0.4, 0.5) is 18.9 Å². The first kappa shape index (κ1) is 26.4. The monoisotopic (exact) mass is 560 g/mol. The molecule has 0 unspecified atom stereocenters. The highest BCUT2D eigenvalue weighted by Crippen LogP contribution is 2.34. The molecule has 1 fully saturated rings. The number of aromatic amines is 1. The fourth-order valence-corrected chi connectivity index (χ4v) is 5.59. The molecule has 14 heteroatoms. The second kappa shape index (κ2) is 10.5. The molecule has 2 N–H and O–H groups in total. The van der Waals surface area contributed by atoms with E-state index in [4.69, 9.17) is 0 Å². The Morgan fingerprint density at radius 2 is 1.82 bits per heavy atom. The van der Waals surface area contributed by atoms with Crippen molar-refractivity contribution >= 4 is 32.5 Å². The van der Waals surface area contributed by atoms with Gasteiger partial charge < -0.3 is 14.6 Å². The predicted molar refractivity (Wildman–Crippen MR) is 135 cm³/mol. The largest absolute Gasteiger partial charge is 0.573 e. The zero-order chi connectivity index (χ0) is 27.6. The van der Waals surface area contributed by atoms with Crippen molar-refractivity contribution in [2.75, 3.05) is 30.9 Å². The van der Waals surface area contributed by atoms with E-state index >= 15 is 0 Å². The Labute approximate surface area is 221 Å². The standard InChI is InChI=1S/C25H23F3N6O4S/c26-25(27,28)38-21-13-18(24(35)34-11-9-33(10-12-34)15-19-14-29-16-31-19)6-7-20(21)32-39(36,37)22-5-1-3-17-4-2-8-30-23(17)22/h1-8,13-14,16,32H,9-12,15H2,(H,29,31). The summed E-state index contributed by atoms with van der Waals surface area (Å²) >= 11 is 0. The topological polar surface area (TPSA) is 121 Å². The molecule has 1 amide bonds. The van der Waals surface area contributed by atoms with Gasteiger partial charge in [0, 0.05) is 56.1 Å². The van der Waals surface area contributed by atoms with E-state index in [1.807, 2.05) is 0 Å². The number of aromatic nitrogens is 3. The minimum atomic E-state index is -5.12. The molecule has 0 saturated carbocycles. The van der Waals surface area contributed by atoms with Crippen LogP contribution in [0.1, 0.15) is 16.1 Å². The van der Waals surface area contributed by atoms with Gasteiger partial charge in [0.25, 0.3) is 15.9 Å². The summed E-state index contributed by atoms with van der Waals surface area (Å²) in [5.74, 6) is -1.34. The number of benzene rings is 2. The van der Waals surface area contributed by atoms with E-state index in [0.29, 0.717) is 38.1 Å². The van der Waals surface area contributed by atoms with Crippen molar-refractivity contribution < 1.29 is 31.1 Å². The highest BCUT2D eigenvalue weighted by atomic mass is 32.2.